The highest BCUT2D eigenvalue weighted by atomic mass is 35.5. The number of fused-ring (bicyclic) bond motifs is 2. The fourth-order valence-corrected chi connectivity index (χ4v) is 6.34. The molecular formula is C29H25ClFN5O5S. The van der Waals surface area contributed by atoms with Crippen LogP contribution in [0.2, 0.25) is 5.02 Å². The number of ether oxygens (including phenoxy) is 2. The third kappa shape index (κ3) is 5.15. The first-order chi connectivity index (χ1) is 20.4. The van der Waals surface area contributed by atoms with Crippen LogP contribution in [-0.4, -0.2) is 61.3 Å². The molecule has 1 unspecified atom stereocenters. The zero-order valence-electron chi connectivity index (χ0n) is 22.3. The van der Waals surface area contributed by atoms with E-state index in [2.05, 4.69) is 19.4 Å². The van der Waals surface area contributed by atoms with Crippen LogP contribution in [0.15, 0.2) is 47.2 Å². The molecule has 1 N–H and O–H groups in total. The number of furan rings is 1. The number of imidazole rings is 1. The number of carboxylic acids is 1. The van der Waals surface area contributed by atoms with Crippen LogP contribution in [0.5, 0.6) is 5.88 Å². The number of benzene rings is 1. The first-order valence-electron chi connectivity index (χ1n) is 13.5. The van der Waals surface area contributed by atoms with Gasteiger partial charge in [-0.15, -0.1) is 11.3 Å². The monoisotopic (exact) mass is 609 g/mol. The lowest BCUT2D eigenvalue weighted by molar-refractivity contribution is -0.0591. The standard InChI is InChI=1S/C29H25ClFN5O5S/c30-20-2-1-17(25-19(20)6-10-40-25)15-41-27-21(31)12-32-26(34-27)16-3-7-35(8-4-16)14-24-33-28-22(11-23(42-28)29(37)38)36(24)13-18-5-9-39-18/h1-3,6,10-12,18H,4-5,7-9,13-15H2,(H,37,38). The Bertz CT molecular complexity index is 1840. The minimum atomic E-state index is -0.948. The van der Waals surface area contributed by atoms with Crippen molar-refractivity contribution < 1.29 is 28.2 Å². The predicted octanol–water partition coefficient (Wildman–Crippen LogP) is 5.78. The maximum atomic E-state index is 14.6. The predicted molar refractivity (Wildman–Crippen MR) is 154 cm³/mol. The fraction of sp³-hybridized carbons (Fsp3) is 0.310. The van der Waals surface area contributed by atoms with Gasteiger partial charge < -0.3 is 23.6 Å². The molecule has 1 saturated heterocycles. The van der Waals surface area contributed by atoms with E-state index in [1.165, 1.54) is 11.3 Å². The Morgan fingerprint density at radius 1 is 1.29 bits per heavy atom. The summed E-state index contributed by atoms with van der Waals surface area (Å²) in [7, 11) is 0. The topological polar surface area (TPSA) is 116 Å². The van der Waals surface area contributed by atoms with E-state index in [4.69, 9.17) is 30.5 Å². The van der Waals surface area contributed by atoms with Gasteiger partial charge in [-0.3, -0.25) is 4.90 Å². The average Bonchev–Trinajstić information content (AvgIpc) is 3.68. The number of rotatable bonds is 9. The summed E-state index contributed by atoms with van der Waals surface area (Å²) < 4.78 is 33.6. The highest BCUT2D eigenvalue weighted by Crippen LogP contribution is 2.31. The molecule has 0 spiro atoms. The van der Waals surface area contributed by atoms with Gasteiger partial charge in [-0.25, -0.2) is 14.8 Å². The molecule has 2 aliphatic rings. The molecule has 1 aromatic carbocycles. The number of halogens is 2. The summed E-state index contributed by atoms with van der Waals surface area (Å²) in [6.45, 7) is 3.41. The van der Waals surface area contributed by atoms with Crippen LogP contribution in [0, 0.1) is 5.82 Å². The van der Waals surface area contributed by atoms with Crippen LogP contribution in [0.3, 0.4) is 0 Å². The molecule has 4 aromatic heterocycles. The van der Waals surface area contributed by atoms with Crippen molar-refractivity contribution in [2.75, 3.05) is 19.7 Å². The molecular weight excluding hydrogens is 585 g/mol. The molecule has 1 atom stereocenters. The normalized spacial score (nSPS) is 17.5. The maximum Gasteiger partial charge on any atom is 0.346 e. The number of hydrogen-bond donors (Lipinski definition) is 1. The van der Waals surface area contributed by atoms with Gasteiger partial charge in [0.1, 0.15) is 27.7 Å². The molecule has 5 aromatic rings. The molecule has 0 amide bonds. The third-order valence-electron chi connectivity index (χ3n) is 7.58. The van der Waals surface area contributed by atoms with Crippen molar-refractivity contribution in [3.05, 3.63) is 75.7 Å². The van der Waals surface area contributed by atoms with Gasteiger partial charge in [0.15, 0.2) is 5.82 Å². The van der Waals surface area contributed by atoms with Gasteiger partial charge in [0.25, 0.3) is 5.88 Å². The summed E-state index contributed by atoms with van der Waals surface area (Å²) in [4.78, 5) is 28.1. The van der Waals surface area contributed by atoms with Crippen molar-refractivity contribution in [1.82, 2.24) is 24.4 Å². The highest BCUT2D eigenvalue weighted by molar-refractivity contribution is 7.20. The Morgan fingerprint density at radius 2 is 2.17 bits per heavy atom. The molecule has 13 heteroatoms. The van der Waals surface area contributed by atoms with E-state index in [-0.39, 0.29) is 23.5 Å². The minimum Gasteiger partial charge on any atom is -0.477 e. The number of aromatic nitrogens is 4. The smallest absolute Gasteiger partial charge is 0.346 e. The van der Waals surface area contributed by atoms with Crippen LogP contribution in [0.25, 0.3) is 26.9 Å². The van der Waals surface area contributed by atoms with Crippen LogP contribution in [-0.2, 0) is 24.4 Å². The lowest BCUT2D eigenvalue weighted by Gasteiger charge is -2.29. The lowest BCUT2D eigenvalue weighted by Crippen LogP contribution is -2.33. The van der Waals surface area contributed by atoms with Crippen LogP contribution in [0.4, 0.5) is 4.39 Å². The number of hydrogen-bond acceptors (Lipinski definition) is 9. The van der Waals surface area contributed by atoms with E-state index in [1.807, 2.05) is 6.08 Å². The molecule has 1 fully saturated rings. The molecule has 2 aliphatic heterocycles. The van der Waals surface area contributed by atoms with Gasteiger partial charge in [-0.2, -0.15) is 9.37 Å². The van der Waals surface area contributed by atoms with E-state index >= 15 is 0 Å². The number of nitrogens with zero attached hydrogens (tertiary/aromatic N) is 5. The molecule has 6 heterocycles. The van der Waals surface area contributed by atoms with Gasteiger partial charge in [0.05, 0.1) is 42.2 Å². The molecule has 10 nitrogen and oxygen atoms in total. The van der Waals surface area contributed by atoms with Crippen LogP contribution < -0.4 is 4.74 Å². The molecule has 216 valence electrons. The molecule has 0 radical (unpaired) electrons. The Balaban J connectivity index is 1.05. The van der Waals surface area contributed by atoms with Crippen molar-refractivity contribution in [3.8, 4) is 5.88 Å². The lowest BCUT2D eigenvalue weighted by atomic mass is 10.1. The number of aromatic carboxylic acids is 1. The molecule has 0 bridgehead atoms. The Morgan fingerprint density at radius 3 is 2.93 bits per heavy atom. The van der Waals surface area contributed by atoms with Gasteiger partial charge in [0.2, 0.25) is 5.82 Å². The number of thiophene rings is 1. The van der Waals surface area contributed by atoms with Crippen molar-refractivity contribution in [3.63, 3.8) is 0 Å². The van der Waals surface area contributed by atoms with E-state index in [1.54, 1.807) is 30.5 Å². The van der Waals surface area contributed by atoms with Crippen LogP contribution in [0.1, 0.15) is 39.7 Å². The van der Waals surface area contributed by atoms with E-state index < -0.39 is 11.8 Å². The van der Waals surface area contributed by atoms with E-state index in [9.17, 15) is 14.3 Å². The SMILES string of the molecule is O=C(O)c1cc2c(nc(CN3CC=C(c4ncc(F)c(OCc5ccc(Cl)c6ccoc56)n4)CC3)n2CC2CCO2)s1. The summed E-state index contributed by atoms with van der Waals surface area (Å²) in [6.07, 6.45) is 6.47. The fourth-order valence-electron chi connectivity index (χ4n) is 5.23. The molecule has 42 heavy (non-hydrogen) atoms. The number of carboxylic acid groups (broad SMARTS) is 1. The second kappa shape index (κ2) is 11.1. The number of carbonyl (C=O) groups is 1. The first kappa shape index (κ1) is 27.0. The Labute approximate surface area is 248 Å². The molecule has 0 aliphatic carbocycles. The van der Waals surface area contributed by atoms with E-state index in [0.29, 0.717) is 47.3 Å². The second-order valence-electron chi connectivity index (χ2n) is 10.2. The second-order valence-corrected chi connectivity index (χ2v) is 11.7. The Kier molecular flexibility index (Phi) is 7.14. The summed E-state index contributed by atoms with van der Waals surface area (Å²) in [5.74, 6) is -0.414. The third-order valence-corrected chi connectivity index (χ3v) is 8.92. The Hall–Kier alpha value is -3.84. The van der Waals surface area contributed by atoms with Gasteiger partial charge in [-0.1, -0.05) is 23.7 Å². The highest BCUT2D eigenvalue weighted by Gasteiger charge is 2.25. The zero-order chi connectivity index (χ0) is 28.8. The van der Waals surface area contributed by atoms with Gasteiger partial charge >= 0.3 is 5.97 Å². The van der Waals surface area contributed by atoms with Crippen molar-refractivity contribution in [1.29, 1.82) is 0 Å². The summed E-state index contributed by atoms with van der Waals surface area (Å²) in [5, 5.41) is 10.8. The van der Waals surface area contributed by atoms with E-state index in [0.717, 1.165) is 53.6 Å². The quantitative estimate of drug-likeness (QED) is 0.222. The van der Waals surface area contributed by atoms with Crippen molar-refractivity contribution in [2.24, 2.45) is 0 Å². The first-order valence-corrected chi connectivity index (χ1v) is 14.7. The summed E-state index contributed by atoms with van der Waals surface area (Å²) >= 11 is 7.41. The van der Waals surface area contributed by atoms with Crippen LogP contribution >= 0.6 is 22.9 Å². The zero-order valence-corrected chi connectivity index (χ0v) is 23.8. The minimum absolute atomic E-state index is 0.0608. The maximum absolute atomic E-state index is 14.6. The largest absolute Gasteiger partial charge is 0.477 e. The van der Waals surface area contributed by atoms with Gasteiger partial charge in [-0.05, 0) is 36.6 Å². The summed E-state index contributed by atoms with van der Waals surface area (Å²) in [6, 6.07) is 7.01. The van der Waals surface area contributed by atoms with Gasteiger partial charge in [0, 0.05) is 30.6 Å². The summed E-state index contributed by atoms with van der Waals surface area (Å²) in [5.41, 5.74) is 3.06. The molecule has 7 rings (SSSR count). The molecule has 0 saturated carbocycles. The van der Waals surface area contributed by atoms with Crippen molar-refractivity contribution in [2.45, 2.75) is 38.6 Å². The average molecular weight is 610 g/mol. The van der Waals surface area contributed by atoms with Crippen molar-refractivity contribution >= 4 is 55.8 Å².